The van der Waals surface area contributed by atoms with Crippen molar-refractivity contribution in [1.82, 2.24) is 20.0 Å². The monoisotopic (exact) mass is 590 g/mol. The Balaban J connectivity index is 1.16. The first-order valence-electron chi connectivity index (χ1n) is 15.1. The number of carbonyl (C=O) groups excluding carboxylic acids is 1. The first-order chi connectivity index (χ1) is 20.8. The number of aryl methyl sites for hydroxylation is 1. The van der Waals surface area contributed by atoms with Gasteiger partial charge in [0.25, 0.3) is 0 Å². The van der Waals surface area contributed by atoms with Gasteiger partial charge in [0.1, 0.15) is 6.61 Å². The molecule has 2 aromatic carbocycles. The number of ether oxygens (including phenoxy) is 2. The normalized spacial score (nSPS) is 16.2. The quantitative estimate of drug-likeness (QED) is 0.221. The molecule has 1 aromatic heterocycles. The van der Waals surface area contributed by atoms with Crippen LogP contribution in [-0.4, -0.2) is 71.6 Å². The van der Waals surface area contributed by atoms with E-state index in [1.165, 1.54) is 7.11 Å². The Kier molecular flexibility index (Phi) is 9.49. The van der Waals surface area contributed by atoms with Gasteiger partial charge in [-0.15, -0.1) is 0 Å². The molecule has 230 valence electrons. The van der Waals surface area contributed by atoms with E-state index in [0.29, 0.717) is 18.0 Å². The summed E-state index contributed by atoms with van der Waals surface area (Å²) in [6.45, 7) is 6.59. The van der Waals surface area contributed by atoms with Crippen molar-refractivity contribution in [2.24, 2.45) is 12.5 Å². The van der Waals surface area contributed by atoms with Crippen molar-refractivity contribution in [3.8, 4) is 16.9 Å². The minimum absolute atomic E-state index is 0.0459. The summed E-state index contributed by atoms with van der Waals surface area (Å²) in [5.74, 6) is 0.268. The first-order valence-corrected chi connectivity index (χ1v) is 15.1. The van der Waals surface area contributed by atoms with Gasteiger partial charge >= 0.3 is 11.8 Å². The number of rotatable bonds is 12. The van der Waals surface area contributed by atoms with E-state index in [4.69, 9.17) is 9.47 Å². The molecule has 1 aliphatic carbocycles. The van der Waals surface area contributed by atoms with Crippen LogP contribution in [0.5, 0.6) is 5.75 Å². The molecule has 1 spiro atoms. The molecule has 3 aromatic rings. The number of anilines is 1. The van der Waals surface area contributed by atoms with E-state index in [9.17, 15) is 14.9 Å². The average Bonchev–Trinajstić information content (AvgIpc) is 3.44. The van der Waals surface area contributed by atoms with Gasteiger partial charge in [0.15, 0.2) is 5.75 Å². The Morgan fingerprint density at radius 1 is 1.19 bits per heavy atom. The number of methoxy groups -OCH3 is 1. The second kappa shape index (κ2) is 13.5. The highest BCUT2D eigenvalue weighted by Crippen LogP contribution is 2.52. The van der Waals surface area contributed by atoms with Crippen molar-refractivity contribution < 1.29 is 19.2 Å². The van der Waals surface area contributed by atoms with Gasteiger partial charge in [0.05, 0.1) is 18.2 Å². The van der Waals surface area contributed by atoms with Gasteiger partial charge < -0.3 is 19.7 Å². The molecule has 0 unspecified atom stereocenters. The average molecular weight is 591 g/mol. The van der Waals surface area contributed by atoms with Crippen LogP contribution < -0.4 is 15.0 Å². The van der Waals surface area contributed by atoms with E-state index in [1.54, 1.807) is 16.9 Å². The molecular formula is C32H42N6O5. The molecular weight excluding hydrogens is 548 g/mol. The summed E-state index contributed by atoms with van der Waals surface area (Å²) in [7, 11) is 3.31. The molecule has 1 N–H and O–H groups in total. The lowest BCUT2D eigenvalue weighted by molar-refractivity contribution is -0.385. The third-order valence-electron chi connectivity index (χ3n) is 8.92. The van der Waals surface area contributed by atoms with Gasteiger partial charge in [-0.05, 0) is 49.6 Å². The van der Waals surface area contributed by atoms with Gasteiger partial charge in [0, 0.05) is 74.4 Å². The SMILES string of the molecule is CCCN(CCNC(=O)OCc1ccccc1)C1CC2(CCN(c3cc(OC)c([N+](=O)[O-])cc3-c3cnn(C)c3)CC2)C1. The first kappa shape index (κ1) is 30.3. The molecule has 5 rings (SSSR count). The molecule has 43 heavy (non-hydrogen) atoms. The Bertz CT molecular complexity index is 1390. The number of nitrogens with one attached hydrogen (secondary N) is 1. The fourth-order valence-electron chi connectivity index (χ4n) is 6.59. The number of amides is 1. The zero-order chi connectivity index (χ0) is 30.4. The van der Waals surface area contributed by atoms with Crippen molar-refractivity contribution in [2.45, 2.75) is 51.7 Å². The van der Waals surface area contributed by atoms with Crippen molar-refractivity contribution >= 4 is 17.5 Å². The Hall–Kier alpha value is -4.12. The van der Waals surface area contributed by atoms with E-state index in [2.05, 4.69) is 27.1 Å². The lowest BCUT2D eigenvalue weighted by Gasteiger charge is -2.55. The minimum Gasteiger partial charge on any atom is -0.490 e. The number of benzene rings is 2. The summed E-state index contributed by atoms with van der Waals surface area (Å²) in [5, 5.41) is 19.0. The molecule has 1 saturated heterocycles. The van der Waals surface area contributed by atoms with Crippen LogP contribution in [0.3, 0.4) is 0 Å². The summed E-state index contributed by atoms with van der Waals surface area (Å²) in [6, 6.07) is 13.6. The number of nitro groups is 1. The highest BCUT2D eigenvalue weighted by Gasteiger charge is 2.47. The van der Waals surface area contributed by atoms with Gasteiger partial charge in [0.2, 0.25) is 0 Å². The second-order valence-corrected chi connectivity index (χ2v) is 11.8. The molecule has 1 saturated carbocycles. The van der Waals surface area contributed by atoms with Gasteiger partial charge in [-0.1, -0.05) is 37.3 Å². The van der Waals surface area contributed by atoms with Crippen molar-refractivity contribution in [1.29, 1.82) is 0 Å². The molecule has 11 nitrogen and oxygen atoms in total. The number of aromatic nitrogens is 2. The topological polar surface area (TPSA) is 115 Å². The number of carbonyl (C=O) groups is 1. The van der Waals surface area contributed by atoms with E-state index in [-0.39, 0.29) is 24.1 Å². The lowest BCUT2D eigenvalue weighted by Crippen LogP contribution is -2.56. The number of hydrogen-bond acceptors (Lipinski definition) is 8. The Labute approximate surface area is 252 Å². The molecule has 1 amide bonds. The third kappa shape index (κ3) is 7.10. The molecule has 0 radical (unpaired) electrons. The van der Waals surface area contributed by atoms with Crippen molar-refractivity contribution in [3.63, 3.8) is 0 Å². The summed E-state index contributed by atoms with van der Waals surface area (Å²) in [6.07, 6.45) is 8.75. The fraction of sp³-hybridized carbons (Fsp3) is 0.500. The number of alkyl carbamates (subject to hydrolysis) is 1. The molecule has 0 bridgehead atoms. The highest BCUT2D eigenvalue weighted by molar-refractivity contribution is 5.82. The predicted octanol–water partition coefficient (Wildman–Crippen LogP) is 5.39. The summed E-state index contributed by atoms with van der Waals surface area (Å²) < 4.78 is 12.5. The third-order valence-corrected chi connectivity index (χ3v) is 8.92. The fourth-order valence-corrected chi connectivity index (χ4v) is 6.59. The number of nitrogens with zero attached hydrogens (tertiary/aromatic N) is 5. The standard InChI is InChI=1S/C32H42N6O5/c1-4-13-36(16-12-33-31(39)43-23-24-8-6-5-7-9-24)26-19-32(20-26)10-14-37(15-11-32)28-18-30(42-3)29(38(40)41)17-27(28)25-21-34-35(2)22-25/h5-9,17-18,21-22,26H,4,10-16,19-20,23H2,1-3H3,(H,33,39). The summed E-state index contributed by atoms with van der Waals surface area (Å²) in [4.78, 5) is 28.4. The van der Waals surface area contributed by atoms with Crippen LogP contribution in [-0.2, 0) is 18.4 Å². The molecule has 0 atom stereocenters. The lowest BCUT2D eigenvalue weighted by atomic mass is 9.60. The molecule has 11 heteroatoms. The van der Waals surface area contributed by atoms with E-state index >= 15 is 0 Å². The zero-order valence-corrected chi connectivity index (χ0v) is 25.3. The largest absolute Gasteiger partial charge is 0.490 e. The highest BCUT2D eigenvalue weighted by atomic mass is 16.6. The van der Waals surface area contributed by atoms with Gasteiger partial charge in [-0.3, -0.25) is 19.7 Å². The van der Waals surface area contributed by atoms with Crippen LogP contribution >= 0.6 is 0 Å². The molecule has 2 heterocycles. The predicted molar refractivity (Wildman–Crippen MR) is 165 cm³/mol. The maximum atomic E-state index is 12.2. The van der Waals surface area contributed by atoms with Crippen LogP contribution in [0, 0.1) is 15.5 Å². The summed E-state index contributed by atoms with van der Waals surface area (Å²) >= 11 is 0. The van der Waals surface area contributed by atoms with Crippen LogP contribution in [0.4, 0.5) is 16.2 Å². The maximum absolute atomic E-state index is 12.2. The van der Waals surface area contributed by atoms with E-state index < -0.39 is 4.92 Å². The van der Waals surface area contributed by atoms with Crippen LogP contribution in [0.1, 0.15) is 44.6 Å². The molecule has 2 fully saturated rings. The maximum Gasteiger partial charge on any atom is 0.407 e. The number of hydrogen-bond donors (Lipinski definition) is 1. The smallest absolute Gasteiger partial charge is 0.407 e. The Morgan fingerprint density at radius 3 is 2.56 bits per heavy atom. The number of nitro benzene ring substituents is 1. The van der Waals surface area contributed by atoms with Crippen LogP contribution in [0.15, 0.2) is 54.9 Å². The Morgan fingerprint density at radius 2 is 1.93 bits per heavy atom. The second-order valence-electron chi connectivity index (χ2n) is 11.8. The summed E-state index contributed by atoms with van der Waals surface area (Å²) in [5.41, 5.74) is 3.83. The van der Waals surface area contributed by atoms with Crippen molar-refractivity contribution in [2.75, 3.05) is 44.7 Å². The molecule has 1 aliphatic heterocycles. The van der Waals surface area contributed by atoms with E-state index in [1.807, 2.05) is 49.6 Å². The zero-order valence-electron chi connectivity index (χ0n) is 25.3. The van der Waals surface area contributed by atoms with Gasteiger partial charge in [-0.25, -0.2) is 4.79 Å². The van der Waals surface area contributed by atoms with Crippen molar-refractivity contribution in [3.05, 3.63) is 70.5 Å². The van der Waals surface area contributed by atoms with Crippen LogP contribution in [0.2, 0.25) is 0 Å². The van der Waals surface area contributed by atoms with Gasteiger partial charge in [-0.2, -0.15) is 5.10 Å². The minimum atomic E-state index is -0.395. The number of piperidine rings is 1. The van der Waals surface area contributed by atoms with E-state index in [0.717, 1.165) is 80.7 Å². The molecule has 2 aliphatic rings. The van der Waals surface area contributed by atoms with Crippen LogP contribution in [0.25, 0.3) is 11.1 Å².